The lowest BCUT2D eigenvalue weighted by Gasteiger charge is -2.38. The van der Waals surface area contributed by atoms with Crippen molar-refractivity contribution in [2.75, 3.05) is 44.2 Å². The summed E-state index contributed by atoms with van der Waals surface area (Å²) in [5, 5.41) is 3.77. The van der Waals surface area contributed by atoms with Crippen LogP contribution in [0.5, 0.6) is 0 Å². The van der Waals surface area contributed by atoms with Gasteiger partial charge in [0, 0.05) is 32.7 Å². The molecular weight excluding hydrogens is 468 g/mol. The second kappa shape index (κ2) is 10.3. The fourth-order valence-corrected chi connectivity index (χ4v) is 2.84. The van der Waals surface area contributed by atoms with Crippen molar-refractivity contribution in [1.29, 1.82) is 0 Å². The maximum Gasteiger partial charge on any atom is 0.390 e. The fraction of sp³-hybridized carbons (Fsp3) is 0.562. The Kier molecular flexibility index (Phi) is 9.12. The van der Waals surface area contributed by atoms with Crippen molar-refractivity contribution >= 4 is 47.2 Å². The van der Waals surface area contributed by atoms with E-state index in [1.165, 1.54) is 0 Å². The van der Waals surface area contributed by atoms with Crippen LogP contribution in [0.4, 0.5) is 18.9 Å². The molecule has 0 unspecified atom stereocenters. The van der Waals surface area contributed by atoms with Crippen LogP contribution in [0.3, 0.4) is 0 Å². The molecule has 1 fully saturated rings. The number of nitrogens with one attached hydrogen (secondary N) is 1. The van der Waals surface area contributed by atoms with E-state index in [4.69, 9.17) is 11.6 Å². The highest BCUT2D eigenvalue weighted by Crippen LogP contribution is 2.26. The Balaban J connectivity index is 0.00000312. The summed E-state index contributed by atoms with van der Waals surface area (Å²) in [7, 11) is 0. The topological polar surface area (TPSA) is 30.9 Å². The molecule has 0 radical (unpaired) electrons. The number of aliphatic imine (C=N–C) groups is 1. The number of rotatable bonds is 4. The normalized spacial score (nSPS) is 15.8. The number of guanidine groups is 1. The summed E-state index contributed by atoms with van der Waals surface area (Å²) in [6.45, 7) is 5.12. The summed E-state index contributed by atoms with van der Waals surface area (Å²) in [6.07, 6.45) is -5.08. The van der Waals surface area contributed by atoms with Gasteiger partial charge in [-0.05, 0) is 19.1 Å². The highest BCUT2D eigenvalue weighted by Gasteiger charge is 2.27. The summed E-state index contributed by atoms with van der Waals surface area (Å²) < 4.78 is 36.9. The first-order valence-electron chi connectivity index (χ1n) is 8.00. The first kappa shape index (κ1) is 22.1. The van der Waals surface area contributed by atoms with Gasteiger partial charge in [0.2, 0.25) is 0 Å². The number of hydrogen-bond donors (Lipinski definition) is 1. The summed E-state index contributed by atoms with van der Waals surface area (Å²) in [5.41, 5.74) is 0.984. The van der Waals surface area contributed by atoms with Gasteiger partial charge in [0.25, 0.3) is 0 Å². The Morgan fingerprint density at radius 3 is 2.40 bits per heavy atom. The Morgan fingerprint density at radius 2 is 1.84 bits per heavy atom. The van der Waals surface area contributed by atoms with Gasteiger partial charge in [0.1, 0.15) is 0 Å². The average molecular weight is 491 g/mol. The lowest BCUT2D eigenvalue weighted by atomic mass is 10.2. The number of halogens is 5. The molecule has 0 aliphatic carbocycles. The second-order valence-corrected chi connectivity index (χ2v) is 5.93. The van der Waals surface area contributed by atoms with Crippen molar-refractivity contribution in [2.24, 2.45) is 4.99 Å². The highest BCUT2D eigenvalue weighted by molar-refractivity contribution is 14.0. The molecule has 1 saturated heterocycles. The van der Waals surface area contributed by atoms with Crippen LogP contribution in [-0.2, 0) is 0 Å². The molecule has 9 heteroatoms. The van der Waals surface area contributed by atoms with Crippen molar-refractivity contribution in [1.82, 2.24) is 10.2 Å². The van der Waals surface area contributed by atoms with Gasteiger partial charge in [-0.15, -0.1) is 24.0 Å². The number of alkyl halides is 3. The number of piperazine rings is 1. The molecule has 2 rings (SSSR count). The summed E-state index contributed by atoms with van der Waals surface area (Å²) in [6, 6.07) is 7.65. The average Bonchev–Trinajstić information content (AvgIpc) is 2.54. The lowest BCUT2D eigenvalue weighted by Crippen LogP contribution is -2.52. The quantitative estimate of drug-likeness (QED) is 0.393. The molecule has 0 aromatic heterocycles. The molecule has 1 aliphatic rings. The molecule has 142 valence electrons. The standard InChI is InChI=1S/C16H22ClF3N4.HI/c1-2-21-15(22-8-7-16(18,19)20)24-11-9-23(10-12-24)14-6-4-3-5-13(14)17;/h3-6H,2,7-12H2,1H3,(H,21,22);1H. The van der Waals surface area contributed by atoms with Gasteiger partial charge in [0.15, 0.2) is 5.96 Å². The van der Waals surface area contributed by atoms with Crippen molar-refractivity contribution in [3.05, 3.63) is 29.3 Å². The largest absolute Gasteiger partial charge is 0.390 e. The van der Waals surface area contributed by atoms with Crippen LogP contribution >= 0.6 is 35.6 Å². The van der Waals surface area contributed by atoms with E-state index < -0.39 is 12.6 Å². The van der Waals surface area contributed by atoms with Crippen LogP contribution in [-0.4, -0.2) is 56.3 Å². The lowest BCUT2D eigenvalue weighted by molar-refractivity contribution is -0.132. The molecule has 1 N–H and O–H groups in total. The first-order chi connectivity index (χ1) is 11.4. The third-order valence-electron chi connectivity index (χ3n) is 3.76. The van der Waals surface area contributed by atoms with E-state index in [-0.39, 0.29) is 30.5 Å². The van der Waals surface area contributed by atoms with Gasteiger partial charge < -0.3 is 15.1 Å². The second-order valence-electron chi connectivity index (χ2n) is 5.53. The zero-order valence-corrected chi connectivity index (χ0v) is 17.1. The number of para-hydroxylation sites is 1. The predicted molar refractivity (Wildman–Crippen MR) is 107 cm³/mol. The predicted octanol–water partition coefficient (Wildman–Crippen LogP) is 4.00. The Bertz CT molecular complexity index is 561. The number of hydrogen-bond acceptors (Lipinski definition) is 2. The SMILES string of the molecule is CCNC(=NCCC(F)(F)F)N1CCN(c2ccccc2Cl)CC1.I. The van der Waals surface area contributed by atoms with E-state index in [9.17, 15) is 13.2 Å². The third kappa shape index (κ3) is 7.08. The van der Waals surface area contributed by atoms with Crippen molar-refractivity contribution in [2.45, 2.75) is 19.5 Å². The molecule has 0 amide bonds. The molecule has 1 aromatic rings. The Hall–Kier alpha value is -0.900. The van der Waals surface area contributed by atoms with Crippen LogP contribution in [0.1, 0.15) is 13.3 Å². The fourth-order valence-electron chi connectivity index (χ4n) is 2.58. The van der Waals surface area contributed by atoms with E-state index in [1.807, 2.05) is 36.1 Å². The third-order valence-corrected chi connectivity index (χ3v) is 4.08. The van der Waals surface area contributed by atoms with Gasteiger partial charge in [0.05, 0.1) is 23.7 Å². The highest BCUT2D eigenvalue weighted by atomic mass is 127. The number of benzene rings is 1. The molecule has 0 bridgehead atoms. The van der Waals surface area contributed by atoms with Crippen LogP contribution in [0.25, 0.3) is 0 Å². The van der Waals surface area contributed by atoms with Crippen molar-refractivity contribution in [3.8, 4) is 0 Å². The van der Waals surface area contributed by atoms with Gasteiger partial charge in [-0.1, -0.05) is 23.7 Å². The molecule has 25 heavy (non-hydrogen) atoms. The van der Waals surface area contributed by atoms with Gasteiger partial charge in [-0.2, -0.15) is 13.2 Å². The summed E-state index contributed by atoms with van der Waals surface area (Å²) in [4.78, 5) is 8.28. The molecule has 1 aromatic carbocycles. The minimum Gasteiger partial charge on any atom is -0.367 e. The molecule has 4 nitrogen and oxygen atoms in total. The maximum atomic E-state index is 12.3. The van der Waals surface area contributed by atoms with Crippen LogP contribution < -0.4 is 10.2 Å². The molecular formula is C16H23ClF3IN4. The zero-order valence-electron chi connectivity index (χ0n) is 14.0. The zero-order chi connectivity index (χ0) is 17.6. The van der Waals surface area contributed by atoms with E-state index in [0.717, 1.165) is 18.8 Å². The molecule has 0 spiro atoms. The van der Waals surface area contributed by atoms with Crippen molar-refractivity contribution < 1.29 is 13.2 Å². The van der Waals surface area contributed by atoms with E-state index >= 15 is 0 Å². The molecule has 0 atom stereocenters. The Labute approximate surface area is 168 Å². The van der Waals surface area contributed by atoms with E-state index in [0.29, 0.717) is 30.6 Å². The van der Waals surface area contributed by atoms with Gasteiger partial charge in [-0.3, -0.25) is 4.99 Å². The molecule has 0 saturated carbocycles. The monoisotopic (exact) mass is 490 g/mol. The molecule has 1 aliphatic heterocycles. The minimum absolute atomic E-state index is 0. The van der Waals surface area contributed by atoms with E-state index in [1.54, 1.807) is 0 Å². The van der Waals surface area contributed by atoms with Crippen LogP contribution in [0, 0.1) is 0 Å². The smallest absolute Gasteiger partial charge is 0.367 e. The first-order valence-corrected chi connectivity index (χ1v) is 8.38. The minimum atomic E-state index is -4.18. The number of nitrogens with zero attached hydrogens (tertiary/aromatic N) is 3. The van der Waals surface area contributed by atoms with Gasteiger partial charge >= 0.3 is 6.18 Å². The maximum absolute atomic E-state index is 12.3. The van der Waals surface area contributed by atoms with Gasteiger partial charge in [-0.25, -0.2) is 0 Å². The van der Waals surface area contributed by atoms with Crippen LogP contribution in [0.2, 0.25) is 5.02 Å². The summed E-state index contributed by atoms with van der Waals surface area (Å²) >= 11 is 6.22. The molecule has 1 heterocycles. The van der Waals surface area contributed by atoms with E-state index in [2.05, 4.69) is 15.2 Å². The number of anilines is 1. The van der Waals surface area contributed by atoms with Crippen LogP contribution in [0.15, 0.2) is 29.3 Å². The Morgan fingerprint density at radius 1 is 1.20 bits per heavy atom. The summed E-state index contributed by atoms with van der Waals surface area (Å²) in [5.74, 6) is 0.542. The van der Waals surface area contributed by atoms with Crippen molar-refractivity contribution in [3.63, 3.8) is 0 Å².